The van der Waals surface area contributed by atoms with Crippen LogP contribution in [0.25, 0.3) is 0 Å². The third kappa shape index (κ3) is 2.32. The van der Waals surface area contributed by atoms with Crippen molar-refractivity contribution >= 4 is 11.3 Å². The summed E-state index contributed by atoms with van der Waals surface area (Å²) < 4.78 is 0. The van der Waals surface area contributed by atoms with E-state index in [1.807, 2.05) is 0 Å². The molecule has 0 aromatic carbocycles. The van der Waals surface area contributed by atoms with E-state index in [1.165, 1.54) is 18.4 Å². The molecule has 1 N–H and O–H groups in total. The van der Waals surface area contributed by atoms with Crippen molar-refractivity contribution in [2.24, 2.45) is 5.92 Å². The first-order valence-corrected chi connectivity index (χ1v) is 5.48. The fraction of sp³-hybridized carbons (Fsp3) is 0.600. The van der Waals surface area contributed by atoms with Crippen LogP contribution < -0.4 is 0 Å². The van der Waals surface area contributed by atoms with Gasteiger partial charge in [0.05, 0.1) is 6.10 Å². The van der Waals surface area contributed by atoms with Crippen LogP contribution in [0.15, 0.2) is 16.8 Å². The summed E-state index contributed by atoms with van der Waals surface area (Å²) in [7, 11) is 0. The minimum Gasteiger partial charge on any atom is -0.393 e. The molecule has 1 heterocycles. The van der Waals surface area contributed by atoms with Crippen molar-refractivity contribution in [3.05, 3.63) is 22.4 Å². The van der Waals surface area contributed by atoms with Gasteiger partial charge in [-0.25, -0.2) is 0 Å². The van der Waals surface area contributed by atoms with E-state index < -0.39 is 0 Å². The Kier molecular flexibility index (Phi) is 2.47. The summed E-state index contributed by atoms with van der Waals surface area (Å²) in [5.41, 5.74) is 1.29. The normalized spacial score (nSPS) is 19.4. The number of hydrogen-bond donors (Lipinski definition) is 1. The summed E-state index contributed by atoms with van der Waals surface area (Å²) in [5.74, 6) is 0.832. The average molecular weight is 182 g/mol. The average Bonchev–Trinajstić information content (AvgIpc) is 2.66. The lowest BCUT2D eigenvalue weighted by Crippen LogP contribution is -2.10. The van der Waals surface area contributed by atoms with Crippen molar-refractivity contribution in [2.45, 2.75) is 31.8 Å². The Morgan fingerprint density at radius 1 is 1.58 bits per heavy atom. The fourth-order valence-corrected chi connectivity index (χ4v) is 2.18. The van der Waals surface area contributed by atoms with Gasteiger partial charge in [0, 0.05) is 0 Å². The maximum absolute atomic E-state index is 9.64. The highest BCUT2D eigenvalue weighted by Gasteiger charge is 2.24. The Bertz CT molecular complexity index is 226. The van der Waals surface area contributed by atoms with E-state index in [4.69, 9.17) is 0 Å². The lowest BCUT2D eigenvalue weighted by atomic mass is 10.1. The summed E-state index contributed by atoms with van der Waals surface area (Å²) in [5, 5.41) is 13.8. The molecule has 1 aliphatic rings. The SMILES string of the molecule is OC(Cc1ccsc1)CC1CC1. The highest BCUT2D eigenvalue weighted by Crippen LogP contribution is 2.34. The van der Waals surface area contributed by atoms with Gasteiger partial charge in [-0.1, -0.05) is 12.8 Å². The molecular formula is C10H14OS. The molecule has 1 unspecified atom stereocenters. The Morgan fingerprint density at radius 2 is 2.42 bits per heavy atom. The van der Waals surface area contributed by atoms with Crippen molar-refractivity contribution < 1.29 is 5.11 Å². The van der Waals surface area contributed by atoms with Gasteiger partial charge in [-0.2, -0.15) is 11.3 Å². The van der Waals surface area contributed by atoms with Crippen molar-refractivity contribution in [1.29, 1.82) is 0 Å². The van der Waals surface area contributed by atoms with Crippen LogP contribution in [-0.2, 0) is 6.42 Å². The van der Waals surface area contributed by atoms with Crippen LogP contribution in [0.2, 0.25) is 0 Å². The second kappa shape index (κ2) is 3.58. The van der Waals surface area contributed by atoms with Gasteiger partial charge < -0.3 is 5.11 Å². The summed E-state index contributed by atoms with van der Waals surface area (Å²) >= 11 is 1.70. The zero-order valence-electron chi connectivity index (χ0n) is 7.07. The predicted molar refractivity (Wildman–Crippen MR) is 51.4 cm³/mol. The second-order valence-electron chi connectivity index (χ2n) is 3.67. The van der Waals surface area contributed by atoms with Crippen LogP contribution >= 0.6 is 11.3 Å². The molecule has 0 amide bonds. The van der Waals surface area contributed by atoms with Crippen molar-refractivity contribution in [2.75, 3.05) is 0 Å². The second-order valence-corrected chi connectivity index (χ2v) is 4.45. The maximum Gasteiger partial charge on any atom is 0.0583 e. The summed E-state index contributed by atoms with van der Waals surface area (Å²) in [6.45, 7) is 0. The minimum atomic E-state index is -0.105. The number of aliphatic hydroxyl groups excluding tert-OH is 1. The molecule has 2 rings (SSSR count). The van der Waals surface area contributed by atoms with E-state index in [2.05, 4.69) is 16.8 Å². The first-order valence-electron chi connectivity index (χ1n) is 4.54. The molecule has 1 fully saturated rings. The fourth-order valence-electron chi connectivity index (χ4n) is 1.50. The Morgan fingerprint density at radius 3 is 3.00 bits per heavy atom. The van der Waals surface area contributed by atoms with E-state index in [1.54, 1.807) is 11.3 Å². The van der Waals surface area contributed by atoms with Gasteiger partial charge in [-0.15, -0.1) is 0 Å². The van der Waals surface area contributed by atoms with Gasteiger partial charge in [0.1, 0.15) is 0 Å². The summed E-state index contributed by atoms with van der Waals surface area (Å²) in [4.78, 5) is 0. The number of thiophene rings is 1. The highest BCUT2D eigenvalue weighted by atomic mass is 32.1. The molecule has 1 aromatic heterocycles. The molecule has 66 valence electrons. The van der Waals surface area contributed by atoms with Gasteiger partial charge in [0.25, 0.3) is 0 Å². The Hall–Kier alpha value is -0.340. The van der Waals surface area contributed by atoms with Crippen molar-refractivity contribution in [3.8, 4) is 0 Å². The molecule has 1 aromatic rings. The molecule has 0 spiro atoms. The molecule has 0 saturated heterocycles. The minimum absolute atomic E-state index is 0.105. The van der Waals surface area contributed by atoms with E-state index in [-0.39, 0.29) is 6.10 Å². The quantitative estimate of drug-likeness (QED) is 0.758. The zero-order chi connectivity index (χ0) is 8.39. The van der Waals surface area contributed by atoms with E-state index in [0.717, 1.165) is 18.8 Å². The lowest BCUT2D eigenvalue weighted by Gasteiger charge is -2.07. The largest absolute Gasteiger partial charge is 0.393 e. The third-order valence-electron chi connectivity index (χ3n) is 2.35. The lowest BCUT2D eigenvalue weighted by molar-refractivity contribution is 0.158. The predicted octanol–water partition coefficient (Wildman–Crippen LogP) is 2.45. The van der Waals surface area contributed by atoms with E-state index in [9.17, 15) is 5.11 Å². The molecule has 0 aliphatic heterocycles. The maximum atomic E-state index is 9.64. The smallest absolute Gasteiger partial charge is 0.0583 e. The zero-order valence-corrected chi connectivity index (χ0v) is 7.89. The van der Waals surface area contributed by atoms with Gasteiger partial charge in [-0.3, -0.25) is 0 Å². The number of rotatable bonds is 4. The van der Waals surface area contributed by atoms with E-state index >= 15 is 0 Å². The van der Waals surface area contributed by atoms with Gasteiger partial charge in [0.15, 0.2) is 0 Å². The van der Waals surface area contributed by atoms with Crippen LogP contribution in [-0.4, -0.2) is 11.2 Å². The van der Waals surface area contributed by atoms with Crippen LogP contribution in [0.5, 0.6) is 0 Å². The van der Waals surface area contributed by atoms with Crippen molar-refractivity contribution in [3.63, 3.8) is 0 Å². The van der Waals surface area contributed by atoms with Gasteiger partial charge >= 0.3 is 0 Å². The third-order valence-corrected chi connectivity index (χ3v) is 3.09. The van der Waals surface area contributed by atoms with Gasteiger partial charge in [-0.05, 0) is 41.1 Å². The number of aliphatic hydroxyl groups is 1. The monoisotopic (exact) mass is 182 g/mol. The standard InChI is InChI=1S/C10H14OS/c11-10(5-8-1-2-8)6-9-3-4-12-7-9/h3-4,7-8,10-11H,1-2,5-6H2. The molecule has 12 heavy (non-hydrogen) atoms. The van der Waals surface area contributed by atoms with Crippen LogP contribution in [0.1, 0.15) is 24.8 Å². The molecule has 1 aliphatic carbocycles. The molecule has 1 atom stereocenters. The highest BCUT2D eigenvalue weighted by molar-refractivity contribution is 7.07. The topological polar surface area (TPSA) is 20.2 Å². The van der Waals surface area contributed by atoms with Crippen molar-refractivity contribution in [1.82, 2.24) is 0 Å². The molecule has 1 saturated carbocycles. The van der Waals surface area contributed by atoms with E-state index in [0.29, 0.717) is 0 Å². The Labute approximate surface area is 77.0 Å². The number of hydrogen-bond acceptors (Lipinski definition) is 2. The molecule has 2 heteroatoms. The first kappa shape index (κ1) is 8.27. The first-order chi connectivity index (χ1) is 5.84. The van der Waals surface area contributed by atoms with Crippen LogP contribution in [0.3, 0.4) is 0 Å². The van der Waals surface area contributed by atoms with Crippen LogP contribution in [0, 0.1) is 5.92 Å². The Balaban J connectivity index is 1.77. The summed E-state index contributed by atoms with van der Waals surface area (Å²) in [6, 6.07) is 2.10. The molecule has 0 radical (unpaired) electrons. The molecule has 0 bridgehead atoms. The molecule has 1 nitrogen and oxygen atoms in total. The van der Waals surface area contributed by atoms with Crippen LogP contribution in [0.4, 0.5) is 0 Å². The van der Waals surface area contributed by atoms with Gasteiger partial charge in [0.2, 0.25) is 0 Å². The molecular weight excluding hydrogens is 168 g/mol. The summed E-state index contributed by atoms with van der Waals surface area (Å²) in [6.07, 6.45) is 4.42.